The lowest BCUT2D eigenvalue weighted by atomic mass is 10.1. The third-order valence-electron chi connectivity index (χ3n) is 2.29. The van der Waals surface area contributed by atoms with Crippen LogP contribution in [0.15, 0.2) is 36.0 Å². The highest BCUT2D eigenvalue weighted by atomic mass is 16.5. The molecule has 0 amide bonds. The fraction of sp³-hybridized carbons (Fsp3) is 0.400. The van der Waals surface area contributed by atoms with Crippen molar-refractivity contribution in [2.24, 2.45) is 0 Å². The van der Waals surface area contributed by atoms with Gasteiger partial charge in [0.05, 0.1) is 6.61 Å². The van der Waals surface area contributed by atoms with Crippen molar-refractivity contribution in [1.29, 1.82) is 0 Å². The van der Waals surface area contributed by atoms with Crippen molar-refractivity contribution in [3.63, 3.8) is 0 Å². The molecule has 0 saturated carbocycles. The van der Waals surface area contributed by atoms with E-state index in [1.54, 1.807) is 13.8 Å². The first-order valence-electron chi connectivity index (χ1n) is 6.33. The first-order chi connectivity index (χ1) is 9.67. The molecule has 0 aromatic rings. The lowest BCUT2D eigenvalue weighted by molar-refractivity contribution is -0.138. The van der Waals surface area contributed by atoms with Gasteiger partial charge < -0.3 is 14.9 Å². The van der Waals surface area contributed by atoms with Crippen LogP contribution < -0.4 is 0 Å². The van der Waals surface area contributed by atoms with Gasteiger partial charge >= 0.3 is 17.9 Å². The van der Waals surface area contributed by atoms with Gasteiger partial charge in [0.15, 0.2) is 0 Å². The second kappa shape index (κ2) is 11.5. The summed E-state index contributed by atoms with van der Waals surface area (Å²) in [6.07, 6.45) is 2.16. The first-order valence-corrected chi connectivity index (χ1v) is 6.33. The molecule has 118 valence electrons. The number of aliphatic carboxylic acids is 2. The summed E-state index contributed by atoms with van der Waals surface area (Å²) in [5, 5.41) is 16.6. The number of hydrogen-bond donors (Lipinski definition) is 2. The van der Waals surface area contributed by atoms with E-state index in [4.69, 9.17) is 10.2 Å². The molecule has 0 aliphatic carbocycles. The zero-order valence-electron chi connectivity index (χ0n) is 12.6. The minimum absolute atomic E-state index is 0.190. The lowest BCUT2D eigenvalue weighted by Crippen LogP contribution is -2.06. The van der Waals surface area contributed by atoms with E-state index in [2.05, 4.69) is 17.9 Å². The van der Waals surface area contributed by atoms with E-state index < -0.39 is 17.9 Å². The number of carboxylic acid groups (broad SMARTS) is 2. The normalized spacial score (nSPS) is 9.95. The Morgan fingerprint density at radius 1 is 1.05 bits per heavy atom. The highest BCUT2D eigenvalue weighted by Gasteiger charge is 2.07. The van der Waals surface area contributed by atoms with Crippen molar-refractivity contribution < 1.29 is 29.3 Å². The SMILES string of the molecule is C=C(CC)C(=O)O.C=C(CC=C(C)C(=O)O)C(=O)OCC. The van der Waals surface area contributed by atoms with E-state index in [1.165, 1.54) is 13.0 Å². The molecule has 0 aromatic heterocycles. The van der Waals surface area contributed by atoms with Crippen LogP contribution >= 0.6 is 0 Å². The molecule has 0 aliphatic heterocycles. The Labute approximate surface area is 124 Å². The molecule has 0 aromatic carbocycles. The van der Waals surface area contributed by atoms with Crippen LogP contribution in [0, 0.1) is 0 Å². The minimum Gasteiger partial charge on any atom is -0.478 e. The van der Waals surface area contributed by atoms with Crippen molar-refractivity contribution in [3.05, 3.63) is 36.0 Å². The van der Waals surface area contributed by atoms with E-state index in [0.29, 0.717) is 13.0 Å². The summed E-state index contributed by atoms with van der Waals surface area (Å²) >= 11 is 0. The summed E-state index contributed by atoms with van der Waals surface area (Å²) in [4.78, 5) is 31.3. The molecule has 0 aliphatic rings. The molecule has 0 fully saturated rings. The molecule has 0 heterocycles. The molecular weight excluding hydrogens is 276 g/mol. The fourth-order valence-electron chi connectivity index (χ4n) is 0.831. The largest absolute Gasteiger partial charge is 0.478 e. The zero-order valence-corrected chi connectivity index (χ0v) is 12.6. The molecule has 6 nitrogen and oxygen atoms in total. The van der Waals surface area contributed by atoms with Gasteiger partial charge in [-0.2, -0.15) is 0 Å². The quantitative estimate of drug-likeness (QED) is 0.553. The summed E-state index contributed by atoms with van der Waals surface area (Å²) in [6.45, 7) is 12.0. The zero-order chi connectivity index (χ0) is 17.0. The standard InChI is InChI=1S/C10H14O4.C5H8O2/c1-4-14-10(13)8(3)6-5-7(2)9(11)12;1-3-4(2)5(6)7/h5H,3-4,6H2,1-2H3,(H,11,12);2-3H2,1H3,(H,6,7). The van der Waals surface area contributed by atoms with Gasteiger partial charge in [0, 0.05) is 16.7 Å². The number of rotatable bonds is 7. The third kappa shape index (κ3) is 11.2. The van der Waals surface area contributed by atoms with Gasteiger partial charge in [0.25, 0.3) is 0 Å². The Bertz CT molecular complexity index is 445. The molecule has 0 unspecified atom stereocenters. The number of carbonyl (C=O) groups is 3. The summed E-state index contributed by atoms with van der Waals surface area (Å²) in [7, 11) is 0. The maximum Gasteiger partial charge on any atom is 0.333 e. The van der Waals surface area contributed by atoms with Crippen molar-refractivity contribution in [3.8, 4) is 0 Å². The molecule has 6 heteroatoms. The van der Waals surface area contributed by atoms with Crippen LogP contribution in [0.25, 0.3) is 0 Å². The van der Waals surface area contributed by atoms with E-state index in [9.17, 15) is 14.4 Å². The summed E-state index contributed by atoms with van der Waals surface area (Å²) in [5.41, 5.74) is 0.711. The first kappa shape index (κ1) is 20.9. The van der Waals surface area contributed by atoms with Crippen LogP contribution in [0.2, 0.25) is 0 Å². The Kier molecular flexibility index (Phi) is 11.4. The molecule has 0 bridgehead atoms. The van der Waals surface area contributed by atoms with Crippen molar-refractivity contribution in [1.82, 2.24) is 0 Å². The number of ether oxygens (including phenoxy) is 1. The van der Waals surface area contributed by atoms with Crippen molar-refractivity contribution >= 4 is 17.9 Å². The monoisotopic (exact) mass is 298 g/mol. The Hall–Kier alpha value is -2.37. The van der Waals surface area contributed by atoms with E-state index in [-0.39, 0.29) is 23.1 Å². The van der Waals surface area contributed by atoms with Crippen LogP contribution in [0.4, 0.5) is 0 Å². The fourth-order valence-corrected chi connectivity index (χ4v) is 0.831. The maximum absolute atomic E-state index is 11.0. The summed E-state index contributed by atoms with van der Waals surface area (Å²) in [6, 6.07) is 0. The van der Waals surface area contributed by atoms with Crippen molar-refractivity contribution in [2.75, 3.05) is 6.61 Å². The molecule has 0 rings (SSSR count). The van der Waals surface area contributed by atoms with E-state index in [0.717, 1.165) is 0 Å². The van der Waals surface area contributed by atoms with Crippen LogP contribution in [0.1, 0.15) is 33.6 Å². The summed E-state index contributed by atoms with van der Waals surface area (Å²) < 4.78 is 4.68. The minimum atomic E-state index is -0.998. The van der Waals surface area contributed by atoms with Gasteiger partial charge in [-0.15, -0.1) is 0 Å². The van der Waals surface area contributed by atoms with Crippen LogP contribution in [0.5, 0.6) is 0 Å². The van der Waals surface area contributed by atoms with Crippen LogP contribution in [-0.2, 0) is 19.1 Å². The Balaban J connectivity index is 0. The predicted octanol–water partition coefficient (Wildman–Crippen LogP) is 2.56. The van der Waals surface area contributed by atoms with Gasteiger partial charge in [-0.25, -0.2) is 14.4 Å². The van der Waals surface area contributed by atoms with Gasteiger partial charge in [0.1, 0.15) is 0 Å². The average molecular weight is 298 g/mol. The van der Waals surface area contributed by atoms with Crippen molar-refractivity contribution in [2.45, 2.75) is 33.6 Å². The molecule has 0 atom stereocenters. The number of carbonyl (C=O) groups excluding carboxylic acids is 1. The molecular formula is C15H22O6. The molecule has 2 N–H and O–H groups in total. The molecule has 0 saturated heterocycles. The second-order valence-corrected chi connectivity index (χ2v) is 3.98. The number of allylic oxidation sites excluding steroid dienone is 1. The maximum atomic E-state index is 11.0. The number of hydrogen-bond acceptors (Lipinski definition) is 4. The number of carboxylic acids is 2. The van der Waals surface area contributed by atoms with Gasteiger partial charge in [0.2, 0.25) is 0 Å². The topological polar surface area (TPSA) is 101 Å². The molecule has 0 spiro atoms. The highest BCUT2D eigenvalue weighted by Crippen LogP contribution is 2.05. The third-order valence-corrected chi connectivity index (χ3v) is 2.29. The second-order valence-electron chi connectivity index (χ2n) is 3.98. The van der Waals surface area contributed by atoms with E-state index in [1.807, 2.05) is 0 Å². The predicted molar refractivity (Wildman–Crippen MR) is 78.8 cm³/mol. The van der Waals surface area contributed by atoms with Gasteiger partial charge in [-0.1, -0.05) is 26.2 Å². The van der Waals surface area contributed by atoms with Gasteiger partial charge in [-0.05, 0) is 26.7 Å². The average Bonchev–Trinajstić information content (AvgIpc) is 2.43. The van der Waals surface area contributed by atoms with E-state index >= 15 is 0 Å². The molecule has 21 heavy (non-hydrogen) atoms. The highest BCUT2D eigenvalue weighted by molar-refractivity contribution is 5.89. The number of esters is 1. The van der Waals surface area contributed by atoms with Gasteiger partial charge in [-0.3, -0.25) is 0 Å². The molecule has 0 radical (unpaired) electrons. The lowest BCUT2D eigenvalue weighted by Gasteiger charge is -2.02. The van der Waals surface area contributed by atoms with Crippen LogP contribution in [-0.4, -0.2) is 34.7 Å². The summed E-state index contributed by atoms with van der Waals surface area (Å²) in [5.74, 6) is -2.38. The Morgan fingerprint density at radius 2 is 1.57 bits per heavy atom. The smallest absolute Gasteiger partial charge is 0.333 e. The Morgan fingerprint density at radius 3 is 1.86 bits per heavy atom. The van der Waals surface area contributed by atoms with Crippen LogP contribution in [0.3, 0.4) is 0 Å².